The zero-order valence-corrected chi connectivity index (χ0v) is 21.4. The van der Waals surface area contributed by atoms with Gasteiger partial charge in [0, 0.05) is 33.6 Å². The minimum Gasteiger partial charge on any atom is -0.342 e. The summed E-state index contributed by atoms with van der Waals surface area (Å²) in [6.45, 7) is 3.89. The van der Waals surface area contributed by atoms with E-state index in [1.54, 1.807) is 36.4 Å². The third-order valence-electron chi connectivity index (χ3n) is 5.44. The molecule has 0 fully saturated rings. The van der Waals surface area contributed by atoms with Gasteiger partial charge < -0.3 is 5.32 Å². The normalized spacial score (nSPS) is 11.7. The van der Waals surface area contributed by atoms with Crippen LogP contribution in [-0.4, -0.2) is 25.6 Å². The molecule has 0 saturated carbocycles. The third-order valence-corrected chi connectivity index (χ3v) is 6.94. The summed E-state index contributed by atoms with van der Waals surface area (Å²) in [7, 11) is 0. The summed E-state index contributed by atoms with van der Waals surface area (Å²) in [6, 6.07) is 20.9. The van der Waals surface area contributed by atoms with Gasteiger partial charge in [0.15, 0.2) is 11.0 Å². The van der Waals surface area contributed by atoms with Gasteiger partial charge in [-0.25, -0.2) is 0 Å². The van der Waals surface area contributed by atoms with E-state index in [4.69, 9.17) is 0 Å². The largest absolute Gasteiger partial charge is 0.342 e. The van der Waals surface area contributed by atoms with Gasteiger partial charge in [0.25, 0.3) is 11.6 Å². The van der Waals surface area contributed by atoms with Gasteiger partial charge in [-0.3, -0.25) is 19.5 Å². The van der Waals surface area contributed by atoms with Crippen molar-refractivity contribution in [1.29, 1.82) is 0 Å². The van der Waals surface area contributed by atoms with E-state index in [2.05, 4.69) is 50.5 Å². The van der Waals surface area contributed by atoms with Crippen molar-refractivity contribution in [2.45, 2.75) is 30.8 Å². The fourth-order valence-corrected chi connectivity index (χ4v) is 4.78. The molecule has 1 heterocycles. The molecule has 1 N–H and O–H groups in total. The molecular weight excluding hydrogens is 530 g/mol. The van der Waals surface area contributed by atoms with Crippen LogP contribution in [0, 0.1) is 17.0 Å². The number of benzene rings is 3. The van der Waals surface area contributed by atoms with Crippen LogP contribution in [-0.2, 0) is 5.75 Å². The summed E-state index contributed by atoms with van der Waals surface area (Å²) >= 11 is 4.88. The van der Waals surface area contributed by atoms with Gasteiger partial charge in [-0.05, 0) is 61.4 Å². The Morgan fingerprint density at radius 1 is 1.09 bits per heavy atom. The van der Waals surface area contributed by atoms with E-state index >= 15 is 0 Å². The monoisotopic (exact) mass is 551 g/mol. The predicted octanol–water partition coefficient (Wildman–Crippen LogP) is 6.03. The molecule has 0 unspecified atom stereocenters. The van der Waals surface area contributed by atoms with Gasteiger partial charge in [-0.2, -0.15) is 0 Å². The smallest absolute Gasteiger partial charge is 0.269 e. The zero-order chi connectivity index (χ0) is 24.9. The highest BCUT2D eigenvalue weighted by Gasteiger charge is 2.22. The Morgan fingerprint density at radius 3 is 2.43 bits per heavy atom. The minimum atomic E-state index is -0.471. The standard InChI is InChI=1S/C25H22BrN5O3S/c1-16-5-3-4-6-19(16)15-35-25-29-28-23(30(25)21-11-13-22(14-12-21)31(33)34)17(2)27-24(32)18-7-9-20(26)10-8-18/h3-14,17H,15H2,1-2H3,(H,27,32)/t17-/m0/s1. The lowest BCUT2D eigenvalue weighted by Gasteiger charge is -2.16. The van der Waals surface area contributed by atoms with Gasteiger partial charge in [0.2, 0.25) is 0 Å². The first-order valence-corrected chi connectivity index (χ1v) is 12.5. The van der Waals surface area contributed by atoms with Gasteiger partial charge >= 0.3 is 0 Å². The summed E-state index contributed by atoms with van der Waals surface area (Å²) in [5, 5.41) is 23.5. The Labute approximate surface area is 215 Å². The summed E-state index contributed by atoms with van der Waals surface area (Å²) in [5.74, 6) is 0.964. The maximum Gasteiger partial charge on any atom is 0.269 e. The number of halogens is 1. The second kappa shape index (κ2) is 10.8. The first-order chi connectivity index (χ1) is 16.8. The third kappa shape index (κ3) is 5.77. The molecule has 1 aromatic heterocycles. The first kappa shape index (κ1) is 24.6. The van der Waals surface area contributed by atoms with Crippen molar-refractivity contribution in [1.82, 2.24) is 20.1 Å². The number of non-ortho nitro benzene ring substituents is 1. The van der Waals surface area contributed by atoms with Crippen molar-refractivity contribution in [3.8, 4) is 5.69 Å². The average Bonchev–Trinajstić information content (AvgIpc) is 3.28. The number of aryl methyl sites for hydroxylation is 1. The van der Waals surface area contributed by atoms with E-state index in [9.17, 15) is 14.9 Å². The lowest BCUT2D eigenvalue weighted by molar-refractivity contribution is -0.384. The van der Waals surface area contributed by atoms with Gasteiger partial charge in [0.1, 0.15) is 0 Å². The number of carbonyl (C=O) groups excluding carboxylic acids is 1. The number of aromatic nitrogens is 3. The van der Waals surface area contributed by atoms with Crippen LogP contribution < -0.4 is 5.32 Å². The van der Waals surface area contributed by atoms with Crippen LogP contribution in [0.25, 0.3) is 5.69 Å². The number of nitro groups is 1. The van der Waals surface area contributed by atoms with Crippen molar-refractivity contribution >= 4 is 39.3 Å². The molecule has 4 aromatic rings. The quantitative estimate of drug-likeness (QED) is 0.163. The number of thioether (sulfide) groups is 1. The summed E-state index contributed by atoms with van der Waals surface area (Å²) in [6.07, 6.45) is 0. The molecule has 10 heteroatoms. The topological polar surface area (TPSA) is 103 Å². The summed E-state index contributed by atoms with van der Waals surface area (Å²) < 4.78 is 2.72. The van der Waals surface area contributed by atoms with E-state index in [0.717, 1.165) is 4.47 Å². The van der Waals surface area contributed by atoms with Gasteiger partial charge in [-0.1, -0.05) is 52.0 Å². The number of hydrogen-bond donors (Lipinski definition) is 1. The van der Waals surface area contributed by atoms with Crippen molar-refractivity contribution in [3.05, 3.63) is 110 Å². The molecule has 35 heavy (non-hydrogen) atoms. The zero-order valence-electron chi connectivity index (χ0n) is 19.0. The number of nitrogens with one attached hydrogen (secondary N) is 1. The van der Waals surface area contributed by atoms with Crippen LogP contribution in [0.15, 0.2) is 82.4 Å². The highest BCUT2D eigenvalue weighted by Crippen LogP contribution is 2.29. The molecule has 0 radical (unpaired) electrons. The molecule has 0 aliphatic rings. The molecular formula is C25H22BrN5O3S. The molecule has 4 rings (SSSR count). The molecule has 0 spiro atoms. The molecule has 3 aromatic carbocycles. The maximum atomic E-state index is 12.8. The van der Waals surface area contributed by atoms with Crippen molar-refractivity contribution < 1.29 is 9.72 Å². The highest BCUT2D eigenvalue weighted by atomic mass is 79.9. The molecule has 1 atom stereocenters. The van der Waals surface area contributed by atoms with Crippen LogP contribution in [0.5, 0.6) is 0 Å². The Balaban J connectivity index is 1.65. The number of amides is 1. The Hall–Kier alpha value is -3.50. The van der Waals surface area contributed by atoms with E-state index in [0.29, 0.717) is 28.0 Å². The van der Waals surface area contributed by atoms with Crippen LogP contribution in [0.1, 0.15) is 40.3 Å². The molecule has 178 valence electrons. The average molecular weight is 552 g/mol. The van der Waals surface area contributed by atoms with Crippen LogP contribution in [0.3, 0.4) is 0 Å². The van der Waals surface area contributed by atoms with Gasteiger partial charge in [0.05, 0.1) is 11.0 Å². The Kier molecular flexibility index (Phi) is 7.62. The minimum absolute atomic E-state index is 0.00548. The van der Waals surface area contributed by atoms with Gasteiger partial charge in [-0.15, -0.1) is 10.2 Å². The van der Waals surface area contributed by atoms with E-state index < -0.39 is 11.0 Å². The second-order valence-electron chi connectivity index (χ2n) is 7.87. The predicted molar refractivity (Wildman–Crippen MR) is 139 cm³/mol. The molecule has 1 amide bonds. The van der Waals surface area contributed by atoms with E-state index in [1.165, 1.54) is 35.0 Å². The molecule has 0 saturated heterocycles. The summed E-state index contributed by atoms with van der Waals surface area (Å²) in [5.41, 5.74) is 3.54. The first-order valence-electron chi connectivity index (χ1n) is 10.8. The highest BCUT2D eigenvalue weighted by molar-refractivity contribution is 9.10. The number of rotatable bonds is 8. The fourth-order valence-electron chi connectivity index (χ4n) is 3.48. The van der Waals surface area contributed by atoms with Crippen LogP contribution in [0.2, 0.25) is 0 Å². The number of carbonyl (C=O) groups is 1. The van der Waals surface area contributed by atoms with E-state index in [1.807, 2.05) is 23.6 Å². The SMILES string of the molecule is Cc1ccccc1CSc1nnc([C@H](C)NC(=O)c2ccc(Br)cc2)n1-c1ccc([N+](=O)[O-])cc1. The van der Waals surface area contributed by atoms with Crippen molar-refractivity contribution in [2.24, 2.45) is 0 Å². The second-order valence-corrected chi connectivity index (χ2v) is 9.73. The molecule has 0 bridgehead atoms. The number of nitro benzene ring substituents is 1. The van der Waals surface area contributed by atoms with Crippen LogP contribution >= 0.6 is 27.7 Å². The fraction of sp³-hybridized carbons (Fsp3) is 0.160. The lowest BCUT2D eigenvalue weighted by Crippen LogP contribution is -2.28. The maximum absolute atomic E-state index is 12.8. The number of nitrogens with zero attached hydrogens (tertiary/aromatic N) is 4. The number of hydrogen-bond acceptors (Lipinski definition) is 6. The summed E-state index contributed by atoms with van der Waals surface area (Å²) in [4.78, 5) is 23.5. The van der Waals surface area contributed by atoms with Crippen LogP contribution in [0.4, 0.5) is 5.69 Å². The lowest BCUT2D eigenvalue weighted by atomic mass is 10.1. The molecule has 0 aliphatic heterocycles. The Morgan fingerprint density at radius 2 is 1.77 bits per heavy atom. The molecule has 0 aliphatic carbocycles. The van der Waals surface area contributed by atoms with E-state index in [-0.39, 0.29) is 11.6 Å². The van der Waals surface area contributed by atoms with Crippen molar-refractivity contribution in [3.63, 3.8) is 0 Å². The Bertz CT molecular complexity index is 1360. The van der Waals surface area contributed by atoms with Crippen molar-refractivity contribution in [2.75, 3.05) is 0 Å². The molecule has 8 nitrogen and oxygen atoms in total.